The number of fused-ring (bicyclic) bond motifs is 3. The summed E-state index contributed by atoms with van der Waals surface area (Å²) in [5, 5.41) is 3.96. The van der Waals surface area contributed by atoms with E-state index in [2.05, 4.69) is 22.1 Å². The lowest BCUT2D eigenvalue weighted by molar-refractivity contribution is 0.0217. The molecule has 1 aromatic carbocycles. The van der Waals surface area contributed by atoms with E-state index in [0.717, 1.165) is 9.79 Å². The Morgan fingerprint density at radius 3 is 2.62 bits per heavy atom. The number of carbonyl (C=O) groups excluding carboxylic acids is 1. The van der Waals surface area contributed by atoms with Crippen LogP contribution in [-0.2, 0) is 0 Å². The first-order valence-electron chi connectivity index (χ1n) is 9.04. The minimum absolute atomic E-state index is 0.0200. The average molecular weight is 388 g/mol. The fourth-order valence-corrected chi connectivity index (χ4v) is 5.05. The van der Waals surface area contributed by atoms with Gasteiger partial charge in [-0.1, -0.05) is 23.4 Å². The molecular formula is C20H22ClN3OS. The zero-order chi connectivity index (χ0) is 18.1. The summed E-state index contributed by atoms with van der Waals surface area (Å²) in [6.07, 6.45) is 5.81. The van der Waals surface area contributed by atoms with Crippen molar-refractivity contribution in [1.82, 2.24) is 15.2 Å². The second kappa shape index (κ2) is 7.59. The summed E-state index contributed by atoms with van der Waals surface area (Å²) in [5.41, 5.74) is 0.704. The third kappa shape index (κ3) is 3.61. The number of halogens is 1. The van der Waals surface area contributed by atoms with Crippen molar-refractivity contribution in [2.24, 2.45) is 5.92 Å². The quantitative estimate of drug-likeness (QED) is 0.857. The standard InChI is InChI=1S/C20H22ClN3OS/c1-13-19(14-7-10-24(13)11-8-14)23-20(25)15-2-4-16(5-3-15)26-18-12-22-9-6-17(18)21/h2-6,9,12-14,19H,7-8,10-11H2,1H3,(H,23,25)/t13-,19-/m0/s1. The maximum Gasteiger partial charge on any atom is 0.251 e. The maximum absolute atomic E-state index is 12.7. The predicted octanol–water partition coefficient (Wildman–Crippen LogP) is 4.10. The zero-order valence-electron chi connectivity index (χ0n) is 14.7. The van der Waals surface area contributed by atoms with Gasteiger partial charge in [-0.15, -0.1) is 0 Å². The normalized spacial score (nSPS) is 27.3. The number of nitrogens with one attached hydrogen (secondary N) is 1. The van der Waals surface area contributed by atoms with E-state index < -0.39 is 0 Å². The van der Waals surface area contributed by atoms with Crippen LogP contribution in [-0.4, -0.2) is 41.0 Å². The van der Waals surface area contributed by atoms with Crippen LogP contribution in [0.15, 0.2) is 52.5 Å². The van der Waals surface area contributed by atoms with E-state index in [-0.39, 0.29) is 11.9 Å². The van der Waals surface area contributed by atoms with Crippen molar-refractivity contribution < 1.29 is 4.79 Å². The van der Waals surface area contributed by atoms with Gasteiger partial charge < -0.3 is 5.32 Å². The van der Waals surface area contributed by atoms with Crippen molar-refractivity contribution in [3.63, 3.8) is 0 Å². The van der Waals surface area contributed by atoms with Gasteiger partial charge in [-0.2, -0.15) is 0 Å². The number of hydrogen-bond donors (Lipinski definition) is 1. The van der Waals surface area contributed by atoms with Gasteiger partial charge in [0.2, 0.25) is 0 Å². The van der Waals surface area contributed by atoms with Gasteiger partial charge in [-0.3, -0.25) is 14.7 Å². The lowest BCUT2D eigenvalue weighted by Crippen LogP contribution is -2.62. The van der Waals surface area contributed by atoms with E-state index in [4.69, 9.17) is 11.6 Å². The molecule has 2 aromatic rings. The molecule has 0 spiro atoms. The Bertz CT molecular complexity index is 788. The van der Waals surface area contributed by atoms with E-state index in [9.17, 15) is 4.79 Å². The number of nitrogens with zero attached hydrogens (tertiary/aromatic N) is 2. The molecule has 0 radical (unpaired) electrons. The molecule has 3 saturated heterocycles. The molecule has 0 aliphatic carbocycles. The fraction of sp³-hybridized carbons (Fsp3) is 0.400. The number of piperidine rings is 3. The third-order valence-electron chi connectivity index (χ3n) is 5.55. The fourth-order valence-electron chi connectivity index (χ4n) is 4.02. The molecule has 3 aliphatic heterocycles. The summed E-state index contributed by atoms with van der Waals surface area (Å²) >= 11 is 7.73. The first-order chi connectivity index (χ1) is 12.6. The van der Waals surface area contributed by atoms with Crippen LogP contribution in [0, 0.1) is 5.92 Å². The Kier molecular flexibility index (Phi) is 5.20. The van der Waals surface area contributed by atoms with Gasteiger partial charge in [0.25, 0.3) is 5.91 Å². The summed E-state index contributed by atoms with van der Waals surface area (Å²) < 4.78 is 0. The van der Waals surface area contributed by atoms with Crippen LogP contribution in [0.5, 0.6) is 0 Å². The first kappa shape index (κ1) is 17.8. The molecule has 1 amide bonds. The van der Waals surface area contributed by atoms with Crippen molar-refractivity contribution in [3.8, 4) is 0 Å². The average Bonchev–Trinajstić information content (AvgIpc) is 2.67. The van der Waals surface area contributed by atoms with Crippen molar-refractivity contribution in [2.45, 2.75) is 41.6 Å². The second-order valence-electron chi connectivity index (χ2n) is 7.05. The first-order valence-corrected chi connectivity index (χ1v) is 10.2. The van der Waals surface area contributed by atoms with Gasteiger partial charge in [0.05, 0.1) is 5.02 Å². The molecule has 4 heterocycles. The summed E-state index contributed by atoms with van der Waals surface area (Å²) in [7, 11) is 0. The number of pyridine rings is 1. The minimum Gasteiger partial charge on any atom is -0.347 e. The van der Waals surface area contributed by atoms with Crippen LogP contribution < -0.4 is 5.32 Å². The van der Waals surface area contributed by atoms with E-state index >= 15 is 0 Å². The molecule has 3 fully saturated rings. The van der Waals surface area contributed by atoms with Gasteiger partial charge in [0.15, 0.2) is 0 Å². The van der Waals surface area contributed by atoms with Gasteiger partial charge >= 0.3 is 0 Å². The number of benzene rings is 1. The number of rotatable bonds is 4. The highest BCUT2D eigenvalue weighted by Crippen LogP contribution is 2.33. The van der Waals surface area contributed by atoms with Crippen LogP contribution in [0.1, 0.15) is 30.1 Å². The molecule has 1 aromatic heterocycles. The third-order valence-corrected chi connectivity index (χ3v) is 7.05. The largest absolute Gasteiger partial charge is 0.347 e. The van der Waals surface area contributed by atoms with Crippen molar-refractivity contribution in [2.75, 3.05) is 13.1 Å². The lowest BCUT2D eigenvalue weighted by Gasteiger charge is -2.49. The molecule has 0 unspecified atom stereocenters. The molecular weight excluding hydrogens is 366 g/mol. The Balaban J connectivity index is 1.42. The Morgan fingerprint density at radius 1 is 1.23 bits per heavy atom. The lowest BCUT2D eigenvalue weighted by atomic mass is 9.79. The van der Waals surface area contributed by atoms with Crippen LogP contribution in [0.3, 0.4) is 0 Å². The van der Waals surface area contributed by atoms with E-state index in [0.29, 0.717) is 22.5 Å². The summed E-state index contributed by atoms with van der Waals surface area (Å²) in [5.74, 6) is 0.632. The van der Waals surface area contributed by atoms with E-state index in [1.54, 1.807) is 30.2 Å². The minimum atomic E-state index is 0.0200. The van der Waals surface area contributed by atoms with Crippen molar-refractivity contribution >= 4 is 29.3 Å². The molecule has 1 N–H and O–H groups in total. The molecule has 6 heteroatoms. The zero-order valence-corrected chi connectivity index (χ0v) is 16.3. The SMILES string of the molecule is C[C@H]1[C@H](NC(=O)c2ccc(Sc3cnccc3Cl)cc2)C2CCN1CC2. The summed E-state index contributed by atoms with van der Waals surface area (Å²) in [4.78, 5) is 21.2. The van der Waals surface area contributed by atoms with E-state index in [1.165, 1.54) is 25.9 Å². The monoisotopic (exact) mass is 387 g/mol. The summed E-state index contributed by atoms with van der Waals surface area (Å²) in [6.45, 7) is 4.57. The smallest absolute Gasteiger partial charge is 0.251 e. The number of aromatic nitrogens is 1. The molecule has 2 atom stereocenters. The second-order valence-corrected chi connectivity index (χ2v) is 8.57. The van der Waals surface area contributed by atoms with Crippen LogP contribution >= 0.6 is 23.4 Å². The Morgan fingerprint density at radius 2 is 1.96 bits per heavy atom. The van der Waals surface area contributed by atoms with Crippen molar-refractivity contribution in [3.05, 3.63) is 53.3 Å². The molecule has 136 valence electrons. The Hall–Kier alpha value is -1.56. The molecule has 0 saturated carbocycles. The molecule has 2 bridgehead atoms. The number of carbonyl (C=O) groups is 1. The topological polar surface area (TPSA) is 45.2 Å². The van der Waals surface area contributed by atoms with Crippen LogP contribution in [0.25, 0.3) is 0 Å². The highest BCUT2D eigenvalue weighted by molar-refractivity contribution is 7.99. The number of hydrogen-bond acceptors (Lipinski definition) is 4. The van der Waals surface area contributed by atoms with E-state index in [1.807, 2.05) is 24.3 Å². The molecule has 3 aliphatic rings. The van der Waals surface area contributed by atoms with Crippen LogP contribution in [0.4, 0.5) is 0 Å². The van der Waals surface area contributed by atoms with Gasteiger partial charge in [-0.05, 0) is 69.1 Å². The van der Waals surface area contributed by atoms with Crippen molar-refractivity contribution in [1.29, 1.82) is 0 Å². The van der Waals surface area contributed by atoms with Gasteiger partial charge in [-0.25, -0.2) is 0 Å². The Labute approximate surface area is 163 Å². The highest BCUT2D eigenvalue weighted by Gasteiger charge is 2.40. The molecule has 26 heavy (non-hydrogen) atoms. The predicted molar refractivity (Wildman–Crippen MR) is 105 cm³/mol. The van der Waals surface area contributed by atoms with Crippen LogP contribution in [0.2, 0.25) is 5.02 Å². The number of amides is 1. The molecule has 4 nitrogen and oxygen atoms in total. The van der Waals surface area contributed by atoms with Gasteiger partial charge in [0.1, 0.15) is 0 Å². The highest BCUT2D eigenvalue weighted by atomic mass is 35.5. The molecule has 5 rings (SSSR count). The van der Waals surface area contributed by atoms with Gasteiger partial charge in [0, 0.05) is 39.8 Å². The summed E-state index contributed by atoms with van der Waals surface area (Å²) in [6, 6.07) is 10.1. The maximum atomic E-state index is 12.7.